The number of hydrogen-bond acceptors (Lipinski definition) is 3. The lowest BCUT2D eigenvalue weighted by Crippen LogP contribution is -1.79. The maximum Gasteiger partial charge on any atom is 0.0963 e. The first-order valence-corrected chi connectivity index (χ1v) is 6.08. The molecule has 0 amide bonds. The third-order valence-electron chi connectivity index (χ3n) is 2.52. The van der Waals surface area contributed by atoms with E-state index in [0.717, 1.165) is 11.6 Å². The number of nitriles is 1. The summed E-state index contributed by atoms with van der Waals surface area (Å²) < 4.78 is 0. The van der Waals surface area contributed by atoms with E-state index in [9.17, 15) is 0 Å². The van der Waals surface area contributed by atoms with Gasteiger partial charge in [-0.05, 0) is 12.8 Å². The van der Waals surface area contributed by atoms with Crippen LogP contribution in [0.3, 0.4) is 0 Å². The third-order valence-corrected chi connectivity index (χ3v) is 3.53. The summed E-state index contributed by atoms with van der Waals surface area (Å²) in [5.41, 5.74) is 2.37. The molecule has 0 spiro atoms. The number of benzene rings is 1. The predicted octanol–water partition coefficient (Wildman–Crippen LogP) is 3.83. The van der Waals surface area contributed by atoms with Crippen LogP contribution in [0.5, 0.6) is 0 Å². The SMILES string of the molecule is C#N.c1ccc(-c2csc(C3CC3)n2)cc1. The summed E-state index contributed by atoms with van der Waals surface area (Å²) in [7, 11) is 0. The second-order valence-electron chi connectivity index (χ2n) is 3.71. The highest BCUT2D eigenvalue weighted by molar-refractivity contribution is 7.10. The Morgan fingerprint density at radius 3 is 2.50 bits per heavy atom. The molecule has 0 unspecified atom stereocenters. The zero-order chi connectivity index (χ0) is 11.4. The summed E-state index contributed by atoms with van der Waals surface area (Å²) in [4.78, 5) is 4.66. The van der Waals surface area contributed by atoms with Gasteiger partial charge in [0.2, 0.25) is 0 Å². The standard InChI is InChI=1S/C12H11NS.CHN/c1-2-4-9(5-3-1)11-8-14-12(13-11)10-6-7-10;1-2/h1-5,8,10H,6-7H2;1H. The molecule has 0 bridgehead atoms. The van der Waals surface area contributed by atoms with Crippen molar-refractivity contribution in [3.63, 3.8) is 0 Å². The molecule has 1 saturated carbocycles. The molecule has 0 atom stereocenters. The van der Waals surface area contributed by atoms with Crippen LogP contribution >= 0.6 is 11.3 Å². The molecule has 2 aromatic rings. The maximum atomic E-state index is 6.50. The van der Waals surface area contributed by atoms with Gasteiger partial charge in [-0.25, -0.2) is 10.2 Å². The topological polar surface area (TPSA) is 36.7 Å². The molecule has 80 valence electrons. The first kappa shape index (κ1) is 10.8. The van der Waals surface area contributed by atoms with Gasteiger partial charge < -0.3 is 0 Å². The zero-order valence-corrected chi connectivity index (χ0v) is 9.65. The highest BCUT2D eigenvalue weighted by Crippen LogP contribution is 2.42. The Kier molecular flexibility index (Phi) is 3.33. The normalized spacial score (nSPS) is 13.9. The molecule has 0 radical (unpaired) electrons. The van der Waals surface area contributed by atoms with E-state index in [1.165, 1.54) is 23.4 Å². The molecule has 0 saturated heterocycles. The first-order chi connectivity index (χ1) is 7.93. The Morgan fingerprint density at radius 1 is 1.19 bits per heavy atom. The highest BCUT2D eigenvalue weighted by atomic mass is 32.1. The average Bonchev–Trinajstić information content (AvgIpc) is 3.11. The van der Waals surface area contributed by atoms with Crippen molar-refractivity contribution in [3.8, 4) is 17.8 Å². The van der Waals surface area contributed by atoms with Crippen LogP contribution in [-0.2, 0) is 0 Å². The van der Waals surface area contributed by atoms with Crippen molar-refractivity contribution in [3.05, 3.63) is 40.7 Å². The molecule has 0 aliphatic heterocycles. The van der Waals surface area contributed by atoms with E-state index in [1.807, 2.05) is 6.07 Å². The molecule has 3 rings (SSSR count). The van der Waals surface area contributed by atoms with Crippen LogP contribution in [0.4, 0.5) is 0 Å². The number of hydrogen-bond donors (Lipinski definition) is 0. The zero-order valence-electron chi connectivity index (χ0n) is 8.84. The van der Waals surface area contributed by atoms with Gasteiger partial charge in [0.1, 0.15) is 0 Å². The quantitative estimate of drug-likeness (QED) is 0.783. The van der Waals surface area contributed by atoms with Crippen LogP contribution in [0, 0.1) is 11.8 Å². The van der Waals surface area contributed by atoms with Crippen LogP contribution in [0.1, 0.15) is 23.8 Å². The molecule has 3 heteroatoms. The minimum atomic E-state index is 0.775. The van der Waals surface area contributed by atoms with E-state index < -0.39 is 0 Å². The Balaban J connectivity index is 0.000000457. The summed E-state index contributed by atoms with van der Waals surface area (Å²) in [5.74, 6) is 0.775. The second-order valence-corrected chi connectivity index (χ2v) is 4.60. The second kappa shape index (κ2) is 4.91. The average molecular weight is 228 g/mol. The lowest BCUT2D eigenvalue weighted by atomic mass is 10.2. The molecule has 0 N–H and O–H groups in total. The van der Waals surface area contributed by atoms with E-state index in [1.54, 1.807) is 11.3 Å². The molecule has 1 aliphatic carbocycles. The van der Waals surface area contributed by atoms with Gasteiger partial charge in [-0.3, -0.25) is 0 Å². The fourth-order valence-corrected chi connectivity index (χ4v) is 2.55. The largest absolute Gasteiger partial charge is 0.241 e. The molecule has 1 fully saturated rings. The van der Waals surface area contributed by atoms with Gasteiger partial charge >= 0.3 is 0 Å². The minimum absolute atomic E-state index is 0.775. The van der Waals surface area contributed by atoms with Crippen molar-refractivity contribution in [1.82, 2.24) is 4.98 Å². The van der Waals surface area contributed by atoms with Crippen LogP contribution in [0.25, 0.3) is 11.3 Å². The lowest BCUT2D eigenvalue weighted by molar-refractivity contribution is 1.09. The Labute approximate surface area is 99.2 Å². The van der Waals surface area contributed by atoms with Gasteiger partial charge in [-0.15, -0.1) is 11.3 Å². The Morgan fingerprint density at radius 2 is 1.88 bits per heavy atom. The molecule has 1 aromatic carbocycles. The van der Waals surface area contributed by atoms with Crippen LogP contribution in [-0.4, -0.2) is 4.98 Å². The number of aromatic nitrogens is 1. The van der Waals surface area contributed by atoms with Gasteiger partial charge in [0.25, 0.3) is 0 Å². The van der Waals surface area contributed by atoms with Crippen LogP contribution in [0.15, 0.2) is 35.7 Å². The molecular formula is C13H12N2S. The Bertz CT molecular complexity index is 469. The maximum absolute atomic E-state index is 6.50. The fraction of sp³-hybridized carbons (Fsp3) is 0.231. The van der Waals surface area contributed by atoms with Crippen molar-refractivity contribution >= 4 is 11.3 Å². The summed E-state index contributed by atoms with van der Waals surface area (Å²) in [6.07, 6.45) is 2.67. The highest BCUT2D eigenvalue weighted by Gasteiger charge is 2.26. The third kappa shape index (κ3) is 2.29. The minimum Gasteiger partial charge on any atom is -0.241 e. The van der Waals surface area contributed by atoms with Crippen molar-refractivity contribution in [2.75, 3.05) is 0 Å². The number of nitrogens with zero attached hydrogens (tertiary/aromatic N) is 2. The van der Waals surface area contributed by atoms with Crippen LogP contribution < -0.4 is 0 Å². The van der Waals surface area contributed by atoms with Gasteiger partial charge in [0, 0.05) is 23.4 Å². The lowest BCUT2D eigenvalue weighted by Gasteiger charge is -1.93. The summed E-state index contributed by atoms with van der Waals surface area (Å²) >= 11 is 1.80. The van der Waals surface area contributed by atoms with Crippen LogP contribution in [0.2, 0.25) is 0 Å². The van der Waals surface area contributed by atoms with Crippen molar-refractivity contribution < 1.29 is 0 Å². The molecule has 16 heavy (non-hydrogen) atoms. The molecule has 1 aliphatic rings. The summed E-state index contributed by atoms with van der Waals surface area (Å²) in [5, 5.41) is 9.99. The summed E-state index contributed by atoms with van der Waals surface area (Å²) in [6.45, 7) is 3.50. The van der Waals surface area contributed by atoms with E-state index in [4.69, 9.17) is 5.26 Å². The smallest absolute Gasteiger partial charge is 0.0963 e. The van der Waals surface area contributed by atoms with E-state index in [-0.39, 0.29) is 0 Å². The molecule has 1 aromatic heterocycles. The number of rotatable bonds is 2. The molecule has 2 nitrogen and oxygen atoms in total. The van der Waals surface area contributed by atoms with Gasteiger partial charge in [0.05, 0.1) is 10.7 Å². The van der Waals surface area contributed by atoms with Gasteiger partial charge in [-0.2, -0.15) is 0 Å². The van der Waals surface area contributed by atoms with Crippen molar-refractivity contribution in [2.45, 2.75) is 18.8 Å². The monoisotopic (exact) mass is 228 g/mol. The van der Waals surface area contributed by atoms with Crippen molar-refractivity contribution in [1.29, 1.82) is 5.26 Å². The fourth-order valence-electron chi connectivity index (χ4n) is 1.55. The Hall–Kier alpha value is -1.66. The first-order valence-electron chi connectivity index (χ1n) is 5.20. The van der Waals surface area contributed by atoms with E-state index >= 15 is 0 Å². The van der Waals surface area contributed by atoms with E-state index in [2.05, 4.69) is 41.2 Å². The predicted molar refractivity (Wildman–Crippen MR) is 66.2 cm³/mol. The van der Waals surface area contributed by atoms with Gasteiger partial charge in [0.15, 0.2) is 0 Å². The summed E-state index contributed by atoms with van der Waals surface area (Å²) in [6, 6.07) is 10.4. The number of thiazole rings is 1. The van der Waals surface area contributed by atoms with Gasteiger partial charge in [-0.1, -0.05) is 30.3 Å². The van der Waals surface area contributed by atoms with Crippen molar-refractivity contribution in [2.24, 2.45) is 0 Å². The molecule has 1 heterocycles. The molecular weight excluding hydrogens is 216 g/mol. The van der Waals surface area contributed by atoms with E-state index in [0.29, 0.717) is 0 Å².